The fraction of sp³-hybridized carbons (Fsp3) is 0.636. The molecule has 0 radical (unpaired) electrons. The Balaban J connectivity index is 1.99. The summed E-state index contributed by atoms with van der Waals surface area (Å²) in [5.74, 6) is 1.24. The van der Waals surface area contributed by atoms with Crippen molar-refractivity contribution in [3.05, 3.63) is 17.8 Å². The Morgan fingerprint density at radius 3 is 3.00 bits per heavy atom. The molecule has 0 spiro atoms. The first-order chi connectivity index (χ1) is 7.29. The van der Waals surface area contributed by atoms with Gasteiger partial charge in [-0.3, -0.25) is 0 Å². The first kappa shape index (κ1) is 10.4. The number of hydrogen-bond donors (Lipinski definition) is 0. The van der Waals surface area contributed by atoms with E-state index in [0.29, 0.717) is 12.3 Å². The van der Waals surface area contributed by atoms with Crippen LogP contribution in [0.15, 0.2) is 10.7 Å². The quantitative estimate of drug-likeness (QED) is 0.701. The average molecular weight is 208 g/mol. The number of nitrogens with zero attached hydrogens (tertiary/aromatic N) is 2. The van der Waals surface area contributed by atoms with Gasteiger partial charge in [0.15, 0.2) is 5.89 Å². The van der Waals surface area contributed by atoms with Crippen LogP contribution in [0.2, 0.25) is 0 Å². The zero-order valence-corrected chi connectivity index (χ0v) is 8.98. The fourth-order valence-corrected chi connectivity index (χ4v) is 1.94. The Labute approximate surface area is 89.3 Å². The third kappa shape index (κ3) is 2.45. The van der Waals surface area contributed by atoms with Gasteiger partial charge in [-0.1, -0.05) is 0 Å². The van der Waals surface area contributed by atoms with E-state index in [1.165, 1.54) is 0 Å². The summed E-state index contributed by atoms with van der Waals surface area (Å²) in [5.41, 5.74) is 0.749. The molecule has 1 aliphatic heterocycles. The third-order valence-corrected chi connectivity index (χ3v) is 2.93. The van der Waals surface area contributed by atoms with Gasteiger partial charge in [-0.15, -0.1) is 0 Å². The van der Waals surface area contributed by atoms with Gasteiger partial charge in [-0.25, -0.2) is 4.98 Å². The second kappa shape index (κ2) is 4.57. The molecule has 2 heterocycles. The predicted molar refractivity (Wildman–Crippen MR) is 55.7 cm³/mol. The number of hydrogen-bond acceptors (Lipinski definition) is 4. The molecular formula is C11H16N2O2. The number of carbonyl (C=O) groups is 1. The highest BCUT2D eigenvalue weighted by atomic mass is 16.3. The van der Waals surface area contributed by atoms with Crippen molar-refractivity contribution in [3.8, 4) is 0 Å². The van der Waals surface area contributed by atoms with Crippen molar-refractivity contribution in [1.29, 1.82) is 0 Å². The Bertz CT molecular complexity index is 327. The molecule has 0 unspecified atom stereocenters. The van der Waals surface area contributed by atoms with Crippen LogP contribution < -0.4 is 0 Å². The molecule has 1 aromatic heterocycles. The SMILES string of the molecule is CN1CCC(c2nc(CC=O)co2)CC1. The molecule has 1 saturated heterocycles. The van der Waals surface area contributed by atoms with Crippen LogP contribution in [0.5, 0.6) is 0 Å². The van der Waals surface area contributed by atoms with E-state index in [2.05, 4.69) is 16.9 Å². The van der Waals surface area contributed by atoms with Gasteiger partial charge in [0.05, 0.1) is 5.69 Å². The van der Waals surface area contributed by atoms with Crippen molar-refractivity contribution in [2.75, 3.05) is 20.1 Å². The zero-order valence-electron chi connectivity index (χ0n) is 8.98. The summed E-state index contributed by atoms with van der Waals surface area (Å²) < 4.78 is 5.40. The minimum absolute atomic E-state index is 0.357. The second-order valence-corrected chi connectivity index (χ2v) is 4.13. The molecule has 2 rings (SSSR count). The summed E-state index contributed by atoms with van der Waals surface area (Å²) in [6, 6.07) is 0. The summed E-state index contributed by atoms with van der Waals surface area (Å²) >= 11 is 0. The molecule has 4 heteroatoms. The van der Waals surface area contributed by atoms with Gasteiger partial charge in [0.1, 0.15) is 12.5 Å². The Morgan fingerprint density at radius 2 is 2.33 bits per heavy atom. The van der Waals surface area contributed by atoms with Gasteiger partial charge in [0.25, 0.3) is 0 Å². The van der Waals surface area contributed by atoms with E-state index >= 15 is 0 Å². The van der Waals surface area contributed by atoms with Crippen molar-refractivity contribution in [2.24, 2.45) is 0 Å². The fourth-order valence-electron chi connectivity index (χ4n) is 1.94. The number of aldehydes is 1. The van der Waals surface area contributed by atoms with E-state index in [1.807, 2.05) is 0 Å². The maximum atomic E-state index is 10.3. The van der Waals surface area contributed by atoms with Crippen LogP contribution in [0.3, 0.4) is 0 Å². The number of aromatic nitrogens is 1. The second-order valence-electron chi connectivity index (χ2n) is 4.13. The van der Waals surface area contributed by atoms with E-state index in [0.717, 1.165) is 43.8 Å². The first-order valence-corrected chi connectivity index (χ1v) is 5.36. The van der Waals surface area contributed by atoms with Crippen molar-refractivity contribution in [2.45, 2.75) is 25.2 Å². The lowest BCUT2D eigenvalue weighted by molar-refractivity contribution is -0.107. The Kier molecular flexibility index (Phi) is 3.16. The summed E-state index contributed by atoms with van der Waals surface area (Å²) in [5, 5.41) is 0. The van der Waals surface area contributed by atoms with Gasteiger partial charge in [-0.2, -0.15) is 0 Å². The van der Waals surface area contributed by atoms with Crippen molar-refractivity contribution < 1.29 is 9.21 Å². The number of piperidine rings is 1. The Morgan fingerprint density at radius 1 is 1.60 bits per heavy atom. The van der Waals surface area contributed by atoms with E-state index in [-0.39, 0.29) is 0 Å². The molecule has 0 aliphatic carbocycles. The topological polar surface area (TPSA) is 46.3 Å². The summed E-state index contributed by atoms with van der Waals surface area (Å²) in [7, 11) is 2.13. The molecule has 1 aromatic rings. The van der Waals surface area contributed by atoms with Crippen LogP contribution >= 0.6 is 0 Å². The maximum absolute atomic E-state index is 10.3. The number of rotatable bonds is 3. The molecule has 0 N–H and O–H groups in total. The third-order valence-electron chi connectivity index (χ3n) is 2.93. The normalized spacial score (nSPS) is 19.3. The minimum atomic E-state index is 0.357. The molecule has 15 heavy (non-hydrogen) atoms. The smallest absolute Gasteiger partial charge is 0.197 e. The first-order valence-electron chi connectivity index (χ1n) is 5.36. The Hall–Kier alpha value is -1.16. The molecule has 0 saturated carbocycles. The summed E-state index contributed by atoms with van der Waals surface area (Å²) in [4.78, 5) is 17.0. The zero-order chi connectivity index (χ0) is 10.7. The van der Waals surface area contributed by atoms with Crippen LogP contribution in [-0.2, 0) is 11.2 Å². The summed E-state index contributed by atoms with van der Waals surface area (Å²) in [6.45, 7) is 2.19. The lowest BCUT2D eigenvalue weighted by Gasteiger charge is -2.26. The molecular weight excluding hydrogens is 192 g/mol. The van der Waals surface area contributed by atoms with E-state index in [1.54, 1.807) is 6.26 Å². The lowest BCUT2D eigenvalue weighted by Crippen LogP contribution is -2.29. The molecule has 1 aliphatic rings. The molecule has 0 bridgehead atoms. The van der Waals surface area contributed by atoms with E-state index < -0.39 is 0 Å². The largest absolute Gasteiger partial charge is 0.448 e. The number of carbonyl (C=O) groups excluding carboxylic acids is 1. The van der Waals surface area contributed by atoms with E-state index in [4.69, 9.17) is 4.42 Å². The van der Waals surface area contributed by atoms with Crippen LogP contribution in [0.1, 0.15) is 30.3 Å². The summed E-state index contributed by atoms with van der Waals surface area (Å²) in [6.07, 6.45) is 5.00. The van der Waals surface area contributed by atoms with Crippen molar-refractivity contribution in [1.82, 2.24) is 9.88 Å². The highest BCUT2D eigenvalue weighted by molar-refractivity contribution is 5.53. The van der Waals surface area contributed by atoms with Crippen LogP contribution in [0.4, 0.5) is 0 Å². The van der Waals surface area contributed by atoms with Crippen molar-refractivity contribution >= 4 is 6.29 Å². The van der Waals surface area contributed by atoms with E-state index in [9.17, 15) is 4.79 Å². The maximum Gasteiger partial charge on any atom is 0.197 e. The lowest BCUT2D eigenvalue weighted by atomic mass is 9.97. The van der Waals surface area contributed by atoms with Gasteiger partial charge < -0.3 is 14.1 Å². The van der Waals surface area contributed by atoms with Gasteiger partial charge in [-0.05, 0) is 33.0 Å². The van der Waals surface area contributed by atoms with Gasteiger partial charge >= 0.3 is 0 Å². The molecule has 1 fully saturated rings. The average Bonchev–Trinajstić information content (AvgIpc) is 2.68. The van der Waals surface area contributed by atoms with Gasteiger partial charge in [0, 0.05) is 12.3 Å². The standard InChI is InChI=1S/C11H16N2O2/c1-13-5-2-9(3-6-13)11-12-10(4-7-14)8-15-11/h7-9H,2-6H2,1H3. The monoisotopic (exact) mass is 208 g/mol. The molecule has 82 valence electrons. The molecule has 0 amide bonds. The number of oxazole rings is 1. The van der Waals surface area contributed by atoms with Gasteiger partial charge in [0.2, 0.25) is 0 Å². The highest BCUT2D eigenvalue weighted by Crippen LogP contribution is 2.26. The van der Waals surface area contributed by atoms with Crippen molar-refractivity contribution in [3.63, 3.8) is 0 Å². The van der Waals surface area contributed by atoms with Crippen LogP contribution in [0.25, 0.3) is 0 Å². The van der Waals surface area contributed by atoms with Crippen LogP contribution in [-0.4, -0.2) is 36.3 Å². The molecule has 0 aromatic carbocycles. The highest BCUT2D eigenvalue weighted by Gasteiger charge is 2.22. The minimum Gasteiger partial charge on any atom is -0.448 e. The number of likely N-dealkylation sites (tertiary alicyclic amines) is 1. The molecule has 4 nitrogen and oxygen atoms in total. The predicted octanol–water partition coefficient (Wildman–Crippen LogP) is 1.23. The van der Waals surface area contributed by atoms with Crippen LogP contribution in [0, 0.1) is 0 Å². The molecule has 0 atom stereocenters.